The zero-order valence-corrected chi connectivity index (χ0v) is 28.7. The lowest BCUT2D eigenvalue weighted by molar-refractivity contribution is -0.261. The summed E-state index contributed by atoms with van der Waals surface area (Å²) in [5.74, 6) is -3.04. The van der Waals surface area contributed by atoms with Crippen molar-refractivity contribution in [3.05, 3.63) is 63.8 Å². The van der Waals surface area contributed by atoms with Gasteiger partial charge in [0.05, 0.1) is 34.4 Å². The maximum atomic E-state index is 14.9. The Kier molecular flexibility index (Phi) is 11.1. The van der Waals surface area contributed by atoms with E-state index in [0.29, 0.717) is 91.3 Å². The number of anilines is 1. The predicted molar refractivity (Wildman–Crippen MR) is 184 cm³/mol. The van der Waals surface area contributed by atoms with Crippen LogP contribution in [0.3, 0.4) is 0 Å². The Morgan fingerprint density at radius 1 is 0.938 bits per heavy atom. The number of ether oxygens (including phenoxy) is 2. The molecule has 3 aromatic rings. The number of aliphatic carboxylic acids is 1. The van der Waals surface area contributed by atoms with Crippen LogP contribution in [0.4, 0.5) is 5.69 Å². The number of hydrogen-bond donors (Lipinski definition) is 2. The van der Waals surface area contributed by atoms with E-state index in [2.05, 4.69) is 15.1 Å². The zero-order chi connectivity index (χ0) is 33.8. The third-order valence-corrected chi connectivity index (χ3v) is 10.7. The molecule has 3 heterocycles. The third-order valence-electron chi connectivity index (χ3n) is 9.99. The molecule has 2 aliphatic heterocycles. The van der Waals surface area contributed by atoms with Gasteiger partial charge in [-0.2, -0.15) is 0 Å². The Morgan fingerprint density at radius 2 is 1.62 bits per heavy atom. The number of benzene rings is 2. The normalized spacial score (nSPS) is 22.5. The molecule has 3 aliphatic rings. The average molecular weight is 701 g/mol. The van der Waals surface area contributed by atoms with Gasteiger partial charge in [-0.25, -0.2) is 0 Å². The fourth-order valence-corrected chi connectivity index (χ4v) is 7.92. The van der Waals surface area contributed by atoms with Gasteiger partial charge < -0.3 is 24.3 Å². The van der Waals surface area contributed by atoms with Gasteiger partial charge in [-0.15, -0.1) is 0 Å². The van der Waals surface area contributed by atoms with Crippen molar-refractivity contribution in [3.63, 3.8) is 0 Å². The van der Waals surface area contributed by atoms with Crippen LogP contribution in [-0.2, 0) is 25.5 Å². The highest BCUT2D eigenvalue weighted by Gasteiger charge is 2.53. The van der Waals surface area contributed by atoms with Crippen LogP contribution in [0.25, 0.3) is 11.0 Å². The largest absolute Gasteiger partial charge is 0.481 e. The number of carbonyl (C=O) groups excluding carboxylic acids is 2. The second-order valence-electron chi connectivity index (χ2n) is 13.0. The van der Waals surface area contributed by atoms with E-state index in [1.54, 1.807) is 18.2 Å². The molecule has 2 N–H and O–H groups in total. The number of carbonyl (C=O) groups is 3. The maximum Gasteiger partial charge on any atom is 0.306 e. The number of fused-ring (bicyclic) bond motifs is 1. The molecule has 1 saturated carbocycles. The lowest BCUT2D eigenvalue weighted by atomic mass is 9.87. The van der Waals surface area contributed by atoms with E-state index < -0.39 is 23.6 Å². The number of piperidine rings is 1. The van der Waals surface area contributed by atoms with Crippen molar-refractivity contribution in [2.75, 3.05) is 38.1 Å². The van der Waals surface area contributed by atoms with Crippen LogP contribution in [0, 0.1) is 5.92 Å². The average Bonchev–Trinajstić information content (AvgIpc) is 3.78. The van der Waals surface area contributed by atoms with Crippen molar-refractivity contribution in [1.29, 1.82) is 0 Å². The number of Topliss-reactive ketones (excluding diaryl/α,β-unsaturated/α-hetero) is 1. The highest BCUT2D eigenvalue weighted by Crippen LogP contribution is 2.39. The highest BCUT2D eigenvalue weighted by molar-refractivity contribution is 6.36. The number of halogens is 2. The Morgan fingerprint density at radius 3 is 2.31 bits per heavy atom. The van der Waals surface area contributed by atoms with Crippen LogP contribution in [0.15, 0.2) is 47.1 Å². The molecule has 1 aromatic heterocycles. The third kappa shape index (κ3) is 7.29. The fourth-order valence-electron chi connectivity index (χ4n) is 7.46. The lowest BCUT2D eigenvalue weighted by Crippen LogP contribution is -2.69. The number of hydrogen-bond acceptors (Lipinski definition) is 8. The molecule has 1 amide bonds. The lowest BCUT2D eigenvalue weighted by Gasteiger charge is -2.51. The second kappa shape index (κ2) is 15.3. The summed E-state index contributed by atoms with van der Waals surface area (Å²) in [6.07, 6.45) is 6.86. The van der Waals surface area contributed by atoms with E-state index in [-0.39, 0.29) is 29.4 Å². The van der Waals surface area contributed by atoms with Gasteiger partial charge in [0.2, 0.25) is 5.85 Å². The quantitative estimate of drug-likeness (QED) is 0.206. The van der Waals surface area contributed by atoms with Gasteiger partial charge in [0, 0.05) is 49.6 Å². The highest BCUT2D eigenvalue weighted by atomic mass is 35.5. The fraction of sp³-hybridized carbons (Fsp3) is 0.528. The number of carboxylic acids is 1. The number of amides is 1. The van der Waals surface area contributed by atoms with Gasteiger partial charge in [0.15, 0.2) is 5.78 Å². The first kappa shape index (κ1) is 34.9. The summed E-state index contributed by atoms with van der Waals surface area (Å²) in [6.45, 7) is 5.30. The molecule has 1 atom stereocenters. The number of furan rings is 1. The molecule has 2 saturated heterocycles. The summed E-state index contributed by atoms with van der Waals surface area (Å²) >= 11 is 13.5. The van der Waals surface area contributed by atoms with Crippen molar-refractivity contribution < 1.29 is 33.4 Å². The first-order valence-electron chi connectivity index (χ1n) is 17.0. The maximum absolute atomic E-state index is 14.9. The number of carboxylic acid groups (broad SMARTS) is 1. The summed E-state index contributed by atoms with van der Waals surface area (Å²) in [5.41, 5.74) is 1.82. The van der Waals surface area contributed by atoms with Crippen LogP contribution in [-0.4, -0.2) is 83.4 Å². The van der Waals surface area contributed by atoms with Gasteiger partial charge in [-0.05, 0) is 82.1 Å². The van der Waals surface area contributed by atoms with Crippen LogP contribution >= 0.6 is 23.2 Å². The van der Waals surface area contributed by atoms with Crippen LogP contribution in [0.1, 0.15) is 74.2 Å². The molecule has 0 bridgehead atoms. The minimum atomic E-state index is -1.33. The van der Waals surface area contributed by atoms with Gasteiger partial charge in [-0.1, -0.05) is 41.4 Å². The van der Waals surface area contributed by atoms with E-state index in [1.807, 2.05) is 25.1 Å². The molecule has 258 valence electrons. The number of likely N-dealkylation sites (tertiary alicyclic amines) is 2. The summed E-state index contributed by atoms with van der Waals surface area (Å²) < 4.78 is 18.5. The molecule has 1 unspecified atom stereocenters. The van der Waals surface area contributed by atoms with Gasteiger partial charge in [0.25, 0.3) is 5.91 Å². The topological polar surface area (TPSA) is 122 Å². The van der Waals surface area contributed by atoms with E-state index in [9.17, 15) is 19.5 Å². The van der Waals surface area contributed by atoms with Crippen LogP contribution in [0.5, 0.6) is 0 Å². The monoisotopic (exact) mass is 699 g/mol. The predicted octanol–water partition coefficient (Wildman–Crippen LogP) is 7.01. The van der Waals surface area contributed by atoms with E-state index in [0.717, 1.165) is 25.7 Å². The second-order valence-corrected chi connectivity index (χ2v) is 13.8. The van der Waals surface area contributed by atoms with E-state index in [4.69, 9.17) is 37.1 Å². The molecule has 48 heavy (non-hydrogen) atoms. The summed E-state index contributed by atoms with van der Waals surface area (Å²) in [6, 6.07) is 10.5. The molecule has 3 fully saturated rings. The smallest absolute Gasteiger partial charge is 0.306 e. The molecule has 12 heteroatoms. The molecular formula is C36H43Cl2N3O7. The molecule has 1 aliphatic carbocycles. The molecular weight excluding hydrogens is 657 g/mol. The Hall–Kier alpha value is -2.99. The van der Waals surface area contributed by atoms with Crippen molar-refractivity contribution in [2.24, 2.45) is 5.92 Å². The first-order valence-corrected chi connectivity index (χ1v) is 17.8. The number of para-hydroxylation sites is 1. The number of rotatable bonds is 12. The number of nitrogens with one attached hydrogen (secondary N) is 1. The zero-order valence-electron chi connectivity index (χ0n) is 27.2. The summed E-state index contributed by atoms with van der Waals surface area (Å²) in [7, 11) is 0. The van der Waals surface area contributed by atoms with Crippen molar-refractivity contribution in [1.82, 2.24) is 9.80 Å². The molecule has 2 aromatic carbocycles. The minimum absolute atomic E-state index is 0.0362. The number of nitrogens with zero attached hydrogens (tertiary/aromatic N) is 2. The first-order chi connectivity index (χ1) is 23.2. The van der Waals surface area contributed by atoms with Crippen LogP contribution in [0.2, 0.25) is 10.0 Å². The Balaban J connectivity index is 1.27. The summed E-state index contributed by atoms with van der Waals surface area (Å²) in [4.78, 5) is 44.1. The summed E-state index contributed by atoms with van der Waals surface area (Å²) in [5, 5.41) is 13.7. The molecule has 6 rings (SSSR count). The van der Waals surface area contributed by atoms with Crippen molar-refractivity contribution in [2.45, 2.75) is 82.8 Å². The van der Waals surface area contributed by atoms with Gasteiger partial charge >= 0.3 is 5.97 Å². The van der Waals surface area contributed by atoms with Gasteiger partial charge in [-0.3, -0.25) is 24.2 Å². The van der Waals surface area contributed by atoms with Crippen molar-refractivity contribution in [3.8, 4) is 0 Å². The van der Waals surface area contributed by atoms with Crippen molar-refractivity contribution >= 4 is 57.5 Å². The van der Waals surface area contributed by atoms with E-state index in [1.165, 1.54) is 6.26 Å². The standard InChI is InChI=1S/C36H43Cl2N3O7/c1-2-46-25-13-17-41(18-14-25)36(40-15-5-6-16-40,48-26-11-9-23(10-12-26)35(44)45)33(42)20-24-19-30(38)31(21-29(24)37)39-34(43)28-22-47-32-8-4-3-7-27(28)32/h3-4,7-8,19,21-23,25-26H,2,5-6,9-18,20H2,1H3,(H,39,43)(H,44,45)/t23-,26-,36?. The Bertz CT molecular complexity index is 1620. The SMILES string of the molecule is CCOC1CCN(C(O[C@H]2CC[C@H](C(=O)O)CC2)(C(=O)Cc2cc(Cl)c(NC(=O)c3coc4ccccc34)cc2Cl)N2CCCC2)CC1. The van der Waals surface area contributed by atoms with E-state index >= 15 is 0 Å². The van der Waals surface area contributed by atoms with Crippen LogP contribution < -0.4 is 5.32 Å². The van der Waals surface area contributed by atoms with Gasteiger partial charge in [0.1, 0.15) is 11.8 Å². The Labute approximate surface area is 290 Å². The number of ketones is 1. The minimum Gasteiger partial charge on any atom is -0.481 e. The molecule has 0 spiro atoms. The molecule has 10 nitrogen and oxygen atoms in total. The molecule has 0 radical (unpaired) electrons.